The molecule has 2 rings (SSSR count). The number of nitrogens with two attached hydrogens (primary N) is 1. The zero-order chi connectivity index (χ0) is 12.1. The van der Waals surface area contributed by atoms with Gasteiger partial charge >= 0.3 is 0 Å². The van der Waals surface area contributed by atoms with E-state index in [1.165, 1.54) is 23.5 Å². The van der Waals surface area contributed by atoms with Crippen molar-refractivity contribution in [3.05, 3.63) is 46.2 Å². The molecule has 17 heavy (non-hydrogen) atoms. The molecular weight excluding hydrogens is 239 g/mol. The normalized spacial score (nSPS) is 10.5. The minimum Gasteiger partial charge on any atom is -0.486 e. The Labute approximate surface area is 103 Å². The van der Waals surface area contributed by atoms with E-state index >= 15 is 0 Å². The van der Waals surface area contributed by atoms with Gasteiger partial charge in [0.1, 0.15) is 23.2 Å². The zero-order valence-corrected chi connectivity index (χ0v) is 10.0. The Bertz CT molecular complexity index is 487. The van der Waals surface area contributed by atoms with Crippen LogP contribution in [0.15, 0.2) is 29.6 Å². The van der Waals surface area contributed by atoms with Crippen LogP contribution in [0.5, 0.6) is 5.75 Å². The second-order valence-corrected chi connectivity index (χ2v) is 4.46. The fraction of sp³-hybridized carbons (Fsp3) is 0.250. The minimum atomic E-state index is -0.301. The number of hydrogen-bond acceptors (Lipinski definition) is 4. The average molecular weight is 252 g/mol. The Morgan fingerprint density at radius 1 is 1.41 bits per heavy atom. The maximum Gasteiger partial charge on any atom is 0.140 e. The van der Waals surface area contributed by atoms with Crippen molar-refractivity contribution in [1.82, 2.24) is 4.98 Å². The first kappa shape index (κ1) is 12.0. The summed E-state index contributed by atoms with van der Waals surface area (Å²) in [5.41, 5.74) is 6.42. The number of halogens is 1. The van der Waals surface area contributed by atoms with Gasteiger partial charge in [-0.05, 0) is 18.7 Å². The summed E-state index contributed by atoms with van der Waals surface area (Å²) < 4.78 is 18.3. The third-order valence-electron chi connectivity index (χ3n) is 2.16. The molecule has 0 radical (unpaired) electrons. The molecule has 2 N–H and O–H groups in total. The first-order chi connectivity index (χ1) is 8.28. The van der Waals surface area contributed by atoms with Crippen molar-refractivity contribution in [1.29, 1.82) is 0 Å². The summed E-state index contributed by atoms with van der Waals surface area (Å²) in [7, 11) is 0. The van der Waals surface area contributed by atoms with E-state index in [9.17, 15) is 4.39 Å². The fourth-order valence-electron chi connectivity index (χ4n) is 1.38. The van der Waals surface area contributed by atoms with Crippen LogP contribution in [-0.2, 0) is 13.0 Å². The summed E-state index contributed by atoms with van der Waals surface area (Å²) in [6, 6.07) is 6.08. The fourth-order valence-corrected chi connectivity index (χ4v) is 2.12. The highest BCUT2D eigenvalue weighted by atomic mass is 32.1. The van der Waals surface area contributed by atoms with E-state index in [1.54, 1.807) is 12.1 Å². The van der Waals surface area contributed by atoms with Gasteiger partial charge in [-0.3, -0.25) is 0 Å². The van der Waals surface area contributed by atoms with Crippen LogP contribution in [0.25, 0.3) is 0 Å². The number of aromatic nitrogens is 1. The van der Waals surface area contributed by atoms with Crippen molar-refractivity contribution in [3.63, 3.8) is 0 Å². The highest BCUT2D eigenvalue weighted by Crippen LogP contribution is 2.16. The summed E-state index contributed by atoms with van der Waals surface area (Å²) in [4.78, 5) is 4.36. The number of benzene rings is 1. The van der Waals surface area contributed by atoms with Gasteiger partial charge in [0.25, 0.3) is 0 Å². The van der Waals surface area contributed by atoms with Crippen molar-refractivity contribution >= 4 is 11.3 Å². The molecule has 0 saturated heterocycles. The minimum absolute atomic E-state index is 0.301. The van der Waals surface area contributed by atoms with Crippen LogP contribution in [0.1, 0.15) is 10.7 Å². The Morgan fingerprint density at radius 2 is 2.29 bits per heavy atom. The van der Waals surface area contributed by atoms with Gasteiger partial charge in [0, 0.05) is 17.9 Å². The van der Waals surface area contributed by atoms with Crippen LogP contribution in [-0.4, -0.2) is 11.5 Å². The van der Waals surface area contributed by atoms with Crippen molar-refractivity contribution in [2.24, 2.45) is 5.73 Å². The van der Waals surface area contributed by atoms with E-state index in [-0.39, 0.29) is 5.82 Å². The van der Waals surface area contributed by atoms with Gasteiger partial charge < -0.3 is 10.5 Å². The molecule has 0 atom stereocenters. The molecule has 1 aromatic carbocycles. The number of nitrogens with zero attached hydrogens (tertiary/aromatic N) is 1. The molecule has 0 aliphatic rings. The van der Waals surface area contributed by atoms with Crippen LogP contribution in [0.2, 0.25) is 0 Å². The molecule has 1 heterocycles. The number of thiazole rings is 1. The largest absolute Gasteiger partial charge is 0.486 e. The van der Waals surface area contributed by atoms with Crippen LogP contribution in [0.3, 0.4) is 0 Å². The average Bonchev–Trinajstić information content (AvgIpc) is 2.75. The highest BCUT2D eigenvalue weighted by molar-refractivity contribution is 7.09. The molecule has 0 saturated carbocycles. The quantitative estimate of drug-likeness (QED) is 0.888. The zero-order valence-electron chi connectivity index (χ0n) is 9.23. The van der Waals surface area contributed by atoms with Gasteiger partial charge in [-0.25, -0.2) is 9.37 Å². The molecule has 0 spiro atoms. The van der Waals surface area contributed by atoms with Crippen LogP contribution in [0, 0.1) is 5.82 Å². The number of hydrogen-bond donors (Lipinski definition) is 1. The Kier molecular flexibility index (Phi) is 4.06. The molecule has 3 nitrogen and oxygen atoms in total. The van der Waals surface area contributed by atoms with Gasteiger partial charge in [-0.15, -0.1) is 11.3 Å². The van der Waals surface area contributed by atoms with E-state index < -0.39 is 0 Å². The third-order valence-corrected chi connectivity index (χ3v) is 3.03. The Balaban J connectivity index is 1.93. The van der Waals surface area contributed by atoms with E-state index in [0.717, 1.165) is 17.1 Å². The van der Waals surface area contributed by atoms with E-state index in [4.69, 9.17) is 10.5 Å². The Morgan fingerprint density at radius 3 is 3.06 bits per heavy atom. The molecule has 0 unspecified atom stereocenters. The van der Waals surface area contributed by atoms with E-state index in [0.29, 0.717) is 18.9 Å². The molecule has 5 heteroatoms. The molecule has 90 valence electrons. The summed E-state index contributed by atoms with van der Waals surface area (Å²) in [5.74, 6) is 0.214. The Hall–Kier alpha value is -1.46. The van der Waals surface area contributed by atoms with Gasteiger partial charge in [-0.1, -0.05) is 6.07 Å². The molecular formula is C12H13FN2OS. The smallest absolute Gasteiger partial charge is 0.140 e. The molecule has 0 aliphatic carbocycles. The summed E-state index contributed by atoms with van der Waals surface area (Å²) in [6.45, 7) is 0.951. The van der Waals surface area contributed by atoms with Gasteiger partial charge in [0.15, 0.2) is 0 Å². The molecule has 0 amide bonds. The SMILES string of the molecule is NCCc1csc(COc2cccc(F)c2)n1. The van der Waals surface area contributed by atoms with Crippen molar-refractivity contribution in [3.8, 4) is 5.75 Å². The van der Waals surface area contributed by atoms with Crippen molar-refractivity contribution in [2.45, 2.75) is 13.0 Å². The first-order valence-electron chi connectivity index (χ1n) is 5.29. The van der Waals surface area contributed by atoms with Gasteiger partial charge in [0.05, 0.1) is 5.69 Å². The lowest BCUT2D eigenvalue weighted by Crippen LogP contribution is -2.03. The summed E-state index contributed by atoms with van der Waals surface area (Å²) in [6.07, 6.45) is 0.774. The molecule has 0 bridgehead atoms. The van der Waals surface area contributed by atoms with Gasteiger partial charge in [-0.2, -0.15) is 0 Å². The molecule has 0 aliphatic heterocycles. The van der Waals surface area contributed by atoms with Crippen LogP contribution >= 0.6 is 11.3 Å². The highest BCUT2D eigenvalue weighted by Gasteiger charge is 2.03. The maximum atomic E-state index is 12.9. The van der Waals surface area contributed by atoms with Crippen LogP contribution in [0.4, 0.5) is 4.39 Å². The van der Waals surface area contributed by atoms with E-state index in [2.05, 4.69) is 4.98 Å². The van der Waals surface area contributed by atoms with E-state index in [1.807, 2.05) is 5.38 Å². The lowest BCUT2D eigenvalue weighted by atomic mass is 10.3. The third kappa shape index (κ3) is 3.51. The second-order valence-electron chi connectivity index (χ2n) is 3.52. The lowest BCUT2D eigenvalue weighted by Gasteiger charge is -2.03. The maximum absolute atomic E-state index is 12.9. The molecule has 1 aromatic heterocycles. The number of ether oxygens (including phenoxy) is 1. The topological polar surface area (TPSA) is 48.1 Å². The second kappa shape index (κ2) is 5.75. The molecule has 0 fully saturated rings. The van der Waals surface area contributed by atoms with Gasteiger partial charge in [0.2, 0.25) is 0 Å². The first-order valence-corrected chi connectivity index (χ1v) is 6.17. The van der Waals surface area contributed by atoms with Crippen LogP contribution < -0.4 is 10.5 Å². The lowest BCUT2D eigenvalue weighted by molar-refractivity contribution is 0.303. The molecule has 2 aromatic rings. The monoisotopic (exact) mass is 252 g/mol. The van der Waals surface area contributed by atoms with Crippen molar-refractivity contribution in [2.75, 3.05) is 6.54 Å². The summed E-state index contributed by atoms with van der Waals surface area (Å²) >= 11 is 1.53. The summed E-state index contributed by atoms with van der Waals surface area (Å²) in [5, 5.41) is 2.84. The van der Waals surface area contributed by atoms with Crippen molar-refractivity contribution < 1.29 is 9.13 Å². The standard InChI is InChI=1S/C12H13FN2OS/c13-9-2-1-3-11(6-9)16-7-12-15-10(4-5-14)8-17-12/h1-3,6,8H,4-5,7,14H2. The predicted octanol–water partition coefficient (Wildman–Crippen LogP) is 2.36. The predicted molar refractivity (Wildman–Crippen MR) is 65.6 cm³/mol. The number of rotatable bonds is 5.